The zero-order valence-electron chi connectivity index (χ0n) is 16.0. The van der Waals surface area contributed by atoms with E-state index >= 15 is 0 Å². The van der Waals surface area contributed by atoms with Crippen molar-refractivity contribution in [3.8, 4) is 17.3 Å². The lowest BCUT2D eigenvalue weighted by molar-refractivity contribution is -0.137. The number of nitrogens with two attached hydrogens (primary N) is 2. The number of carboxylic acids is 1. The summed E-state index contributed by atoms with van der Waals surface area (Å²) in [6.07, 6.45) is -3.44. The number of aromatic nitrogens is 1. The highest BCUT2D eigenvalue weighted by atomic mass is 19.3. The van der Waals surface area contributed by atoms with Crippen molar-refractivity contribution in [2.45, 2.75) is 31.9 Å². The van der Waals surface area contributed by atoms with Crippen molar-refractivity contribution in [2.24, 2.45) is 5.73 Å². The summed E-state index contributed by atoms with van der Waals surface area (Å²) in [5.41, 5.74) is 11.1. The van der Waals surface area contributed by atoms with E-state index < -0.39 is 35.8 Å². The smallest absolute Gasteiger partial charge is 0.303 e. The SMILES string of the molecule is N#Cc1c(C(F)F)cc(N)nc1-c1ccc2c(c1)CN([C@@H](CCC(=O)O)C(N)=O)C2=O. The zero-order valence-corrected chi connectivity index (χ0v) is 16.0. The number of carbonyl (C=O) groups excluding carboxylic acids is 2. The van der Waals surface area contributed by atoms with E-state index in [1.165, 1.54) is 23.1 Å². The van der Waals surface area contributed by atoms with Crippen molar-refractivity contribution in [3.63, 3.8) is 0 Å². The van der Waals surface area contributed by atoms with Crippen molar-refractivity contribution in [2.75, 3.05) is 5.73 Å². The largest absolute Gasteiger partial charge is 0.481 e. The highest BCUT2D eigenvalue weighted by molar-refractivity contribution is 6.01. The Balaban J connectivity index is 2.01. The lowest BCUT2D eigenvalue weighted by Gasteiger charge is -2.24. The number of amides is 2. The molecule has 3 rings (SSSR count). The molecule has 160 valence electrons. The fraction of sp³-hybridized carbons (Fsp3) is 0.250. The van der Waals surface area contributed by atoms with E-state index in [1.807, 2.05) is 0 Å². The van der Waals surface area contributed by atoms with Crippen molar-refractivity contribution in [1.82, 2.24) is 9.88 Å². The van der Waals surface area contributed by atoms with Crippen LogP contribution in [0.2, 0.25) is 0 Å². The number of nitrogens with zero attached hydrogens (tertiary/aromatic N) is 3. The van der Waals surface area contributed by atoms with Gasteiger partial charge in [0.1, 0.15) is 17.9 Å². The maximum Gasteiger partial charge on any atom is 0.303 e. The van der Waals surface area contributed by atoms with Gasteiger partial charge in [-0.15, -0.1) is 0 Å². The topological polar surface area (TPSA) is 163 Å². The quantitative estimate of drug-likeness (QED) is 0.604. The van der Waals surface area contributed by atoms with Gasteiger partial charge in [0, 0.05) is 29.7 Å². The predicted octanol–water partition coefficient (Wildman–Crippen LogP) is 1.81. The number of pyridine rings is 1. The molecular weight excluding hydrogens is 412 g/mol. The van der Waals surface area contributed by atoms with Gasteiger partial charge in [0.15, 0.2) is 0 Å². The van der Waals surface area contributed by atoms with Crippen LogP contribution in [0, 0.1) is 11.3 Å². The molecule has 0 spiro atoms. The van der Waals surface area contributed by atoms with Gasteiger partial charge >= 0.3 is 5.97 Å². The van der Waals surface area contributed by atoms with Crippen molar-refractivity contribution in [1.29, 1.82) is 5.26 Å². The molecule has 0 aliphatic carbocycles. The summed E-state index contributed by atoms with van der Waals surface area (Å²) in [6.45, 7) is -0.0405. The molecule has 0 saturated heterocycles. The van der Waals surface area contributed by atoms with Gasteiger partial charge in [-0.05, 0) is 30.2 Å². The summed E-state index contributed by atoms with van der Waals surface area (Å²) in [5.74, 6) is -2.67. The molecule has 0 fully saturated rings. The van der Waals surface area contributed by atoms with E-state index in [1.54, 1.807) is 6.07 Å². The second-order valence-electron chi connectivity index (χ2n) is 6.93. The molecular formula is C20H17F2N5O4. The standard InChI is InChI=1S/C20H17F2N5O4/c21-18(22)12-6-15(24)26-17(13(12)7-23)9-1-2-11-10(5-9)8-27(20(11)31)14(19(25)30)3-4-16(28)29/h1-2,5-6,14,18H,3-4,8H2,(H2,24,26)(H2,25,30)(H,28,29)/t14-/m0/s1. The Morgan fingerprint density at radius 2 is 2.03 bits per heavy atom. The fourth-order valence-electron chi connectivity index (χ4n) is 3.54. The second-order valence-corrected chi connectivity index (χ2v) is 6.93. The maximum absolute atomic E-state index is 13.3. The van der Waals surface area contributed by atoms with Crippen LogP contribution in [-0.4, -0.2) is 38.8 Å². The third kappa shape index (κ3) is 4.13. The molecule has 1 aliphatic rings. The van der Waals surface area contributed by atoms with E-state index in [0.29, 0.717) is 11.1 Å². The molecule has 1 aromatic heterocycles. The molecule has 31 heavy (non-hydrogen) atoms. The number of fused-ring (bicyclic) bond motifs is 1. The van der Waals surface area contributed by atoms with E-state index in [0.717, 1.165) is 6.07 Å². The van der Waals surface area contributed by atoms with E-state index in [-0.39, 0.29) is 42.0 Å². The number of alkyl halides is 2. The molecule has 0 radical (unpaired) electrons. The van der Waals surface area contributed by atoms with Crippen LogP contribution in [0.1, 0.15) is 46.3 Å². The Hall–Kier alpha value is -4.07. The fourth-order valence-corrected chi connectivity index (χ4v) is 3.54. The predicted molar refractivity (Wildman–Crippen MR) is 103 cm³/mol. The van der Waals surface area contributed by atoms with E-state index in [9.17, 15) is 28.4 Å². The Bertz CT molecular complexity index is 1130. The number of hydrogen-bond acceptors (Lipinski definition) is 6. The lowest BCUT2D eigenvalue weighted by atomic mass is 9.98. The van der Waals surface area contributed by atoms with Gasteiger partial charge in [-0.25, -0.2) is 13.8 Å². The Kier molecular flexibility index (Phi) is 5.83. The molecule has 1 aliphatic heterocycles. The number of hydrogen-bond donors (Lipinski definition) is 3. The van der Waals surface area contributed by atoms with Crippen LogP contribution in [0.5, 0.6) is 0 Å². The average Bonchev–Trinajstić information content (AvgIpc) is 3.02. The molecule has 5 N–H and O–H groups in total. The van der Waals surface area contributed by atoms with Gasteiger partial charge in [0.2, 0.25) is 5.91 Å². The van der Waals surface area contributed by atoms with Crippen LogP contribution in [0.4, 0.5) is 14.6 Å². The highest BCUT2D eigenvalue weighted by Gasteiger charge is 2.36. The first kappa shape index (κ1) is 21.6. The van der Waals surface area contributed by atoms with Gasteiger partial charge in [0.05, 0.1) is 11.3 Å². The number of anilines is 1. The number of benzene rings is 1. The van der Waals surface area contributed by atoms with E-state index in [4.69, 9.17) is 16.6 Å². The molecule has 0 bridgehead atoms. The summed E-state index contributed by atoms with van der Waals surface area (Å²) >= 11 is 0. The van der Waals surface area contributed by atoms with Gasteiger partial charge < -0.3 is 21.5 Å². The van der Waals surface area contributed by atoms with Crippen molar-refractivity contribution < 1.29 is 28.3 Å². The molecule has 9 nitrogen and oxygen atoms in total. The van der Waals surface area contributed by atoms with Gasteiger partial charge in [-0.3, -0.25) is 14.4 Å². The summed E-state index contributed by atoms with van der Waals surface area (Å²) in [4.78, 5) is 40.6. The summed E-state index contributed by atoms with van der Waals surface area (Å²) < 4.78 is 26.7. The Labute approximate surface area is 174 Å². The number of nitriles is 1. The van der Waals surface area contributed by atoms with Gasteiger partial charge in [-0.1, -0.05) is 6.07 Å². The number of halogens is 2. The van der Waals surface area contributed by atoms with Crippen LogP contribution in [0.3, 0.4) is 0 Å². The monoisotopic (exact) mass is 429 g/mol. The minimum Gasteiger partial charge on any atom is -0.481 e. The molecule has 2 amide bonds. The Morgan fingerprint density at radius 3 is 2.61 bits per heavy atom. The number of aliphatic carboxylic acids is 1. The number of primary amides is 1. The minimum absolute atomic E-state index is 0.0405. The first-order valence-electron chi connectivity index (χ1n) is 9.08. The van der Waals surface area contributed by atoms with Crippen molar-refractivity contribution >= 4 is 23.6 Å². The summed E-state index contributed by atoms with van der Waals surface area (Å²) in [5, 5.41) is 18.3. The van der Waals surface area contributed by atoms with Crippen LogP contribution in [-0.2, 0) is 16.1 Å². The number of nitrogen functional groups attached to an aromatic ring is 1. The number of carbonyl (C=O) groups is 3. The molecule has 2 heterocycles. The lowest BCUT2D eigenvalue weighted by Crippen LogP contribution is -2.45. The van der Waals surface area contributed by atoms with Crippen LogP contribution >= 0.6 is 0 Å². The number of rotatable bonds is 7. The molecule has 1 aromatic carbocycles. The maximum atomic E-state index is 13.3. The van der Waals surface area contributed by atoms with Crippen molar-refractivity contribution in [3.05, 3.63) is 46.5 Å². The molecule has 0 saturated carbocycles. The van der Waals surface area contributed by atoms with Crippen LogP contribution in [0.25, 0.3) is 11.3 Å². The first-order valence-corrected chi connectivity index (χ1v) is 9.08. The molecule has 0 unspecified atom stereocenters. The normalized spacial score (nSPS) is 13.7. The number of carboxylic acid groups (broad SMARTS) is 1. The van der Waals surface area contributed by atoms with Gasteiger partial charge in [-0.2, -0.15) is 5.26 Å². The highest BCUT2D eigenvalue weighted by Crippen LogP contribution is 2.34. The van der Waals surface area contributed by atoms with Crippen LogP contribution < -0.4 is 11.5 Å². The molecule has 11 heteroatoms. The molecule has 1 atom stereocenters. The van der Waals surface area contributed by atoms with E-state index in [2.05, 4.69) is 4.98 Å². The van der Waals surface area contributed by atoms with Gasteiger partial charge in [0.25, 0.3) is 12.3 Å². The molecule has 2 aromatic rings. The minimum atomic E-state index is -2.93. The van der Waals surface area contributed by atoms with Crippen LogP contribution in [0.15, 0.2) is 24.3 Å². The first-order chi connectivity index (χ1) is 14.6. The average molecular weight is 429 g/mol. The third-order valence-electron chi connectivity index (χ3n) is 4.96. The summed E-state index contributed by atoms with van der Waals surface area (Å²) in [6, 6.07) is 5.91. The Morgan fingerprint density at radius 1 is 1.32 bits per heavy atom. The second kappa shape index (κ2) is 8.35. The third-order valence-corrected chi connectivity index (χ3v) is 4.96. The zero-order chi connectivity index (χ0) is 22.9. The summed E-state index contributed by atoms with van der Waals surface area (Å²) in [7, 11) is 0.